The summed E-state index contributed by atoms with van der Waals surface area (Å²) >= 11 is 0. The number of nitrogens with one attached hydrogen (secondary N) is 1. The average Bonchev–Trinajstić information content (AvgIpc) is 3.42. The fraction of sp³-hybridized carbons (Fsp3) is 0.318. The van der Waals surface area contributed by atoms with Gasteiger partial charge in [0.2, 0.25) is 5.91 Å². The Morgan fingerprint density at radius 1 is 1.14 bits per heavy atom. The number of aromatic nitrogens is 3. The van der Waals surface area contributed by atoms with Crippen molar-refractivity contribution in [3.63, 3.8) is 0 Å². The summed E-state index contributed by atoms with van der Waals surface area (Å²) in [5.41, 5.74) is 2.79. The molecule has 0 radical (unpaired) electrons. The van der Waals surface area contributed by atoms with E-state index >= 15 is 0 Å². The fourth-order valence-electron chi connectivity index (χ4n) is 3.49. The maximum Gasteiger partial charge on any atom is 0.224 e. The molecule has 1 saturated carbocycles. The summed E-state index contributed by atoms with van der Waals surface area (Å²) in [6.07, 6.45) is 9.38. The van der Waals surface area contributed by atoms with Gasteiger partial charge in [-0.2, -0.15) is 5.10 Å². The lowest BCUT2D eigenvalue weighted by Crippen LogP contribution is -2.13. The highest BCUT2D eigenvalue weighted by Crippen LogP contribution is 2.25. The van der Waals surface area contributed by atoms with Crippen LogP contribution in [0, 0.1) is 0 Å². The lowest BCUT2D eigenvalue weighted by atomic mass is 10.1. The Labute approximate surface area is 164 Å². The molecule has 1 fully saturated rings. The number of hydrogen-bond acceptors (Lipinski definition) is 4. The molecule has 6 heteroatoms. The minimum Gasteiger partial charge on any atom is -0.490 e. The van der Waals surface area contributed by atoms with Crippen molar-refractivity contribution < 1.29 is 9.53 Å². The monoisotopic (exact) mass is 376 g/mol. The number of aryl methyl sites for hydroxylation is 1. The largest absolute Gasteiger partial charge is 0.490 e. The lowest BCUT2D eigenvalue weighted by molar-refractivity contribution is -0.116. The van der Waals surface area contributed by atoms with Crippen LogP contribution in [0.1, 0.15) is 37.7 Å². The van der Waals surface area contributed by atoms with Gasteiger partial charge >= 0.3 is 0 Å². The number of rotatable bonds is 7. The Kier molecular flexibility index (Phi) is 5.66. The minimum atomic E-state index is -0.00406. The fourth-order valence-corrected chi connectivity index (χ4v) is 3.49. The number of hydrogen-bond donors (Lipinski definition) is 1. The van der Waals surface area contributed by atoms with Gasteiger partial charge in [-0.15, -0.1) is 0 Å². The number of carbonyl (C=O) groups is 1. The molecular formula is C22H24N4O2. The highest BCUT2D eigenvalue weighted by molar-refractivity contribution is 5.90. The van der Waals surface area contributed by atoms with Crippen LogP contribution in [-0.2, 0) is 11.2 Å². The predicted octanol–water partition coefficient (Wildman–Crippen LogP) is 4.16. The first-order chi connectivity index (χ1) is 13.8. The van der Waals surface area contributed by atoms with E-state index in [-0.39, 0.29) is 5.91 Å². The number of nitrogens with zero attached hydrogens (tertiary/aromatic N) is 3. The molecule has 0 atom stereocenters. The molecule has 0 unspecified atom stereocenters. The molecule has 144 valence electrons. The van der Waals surface area contributed by atoms with Gasteiger partial charge in [0.1, 0.15) is 18.4 Å². The van der Waals surface area contributed by atoms with Gasteiger partial charge in [-0.25, -0.2) is 9.67 Å². The zero-order valence-electron chi connectivity index (χ0n) is 15.8. The SMILES string of the molecule is O=C(CCc1cccc(OC2CCCC2)c1)Nc1ccc(-n2cncn2)cc1. The number of ether oxygens (including phenoxy) is 1. The van der Waals surface area contributed by atoms with E-state index in [1.54, 1.807) is 11.0 Å². The Balaban J connectivity index is 1.28. The molecule has 0 aliphatic heterocycles. The summed E-state index contributed by atoms with van der Waals surface area (Å²) in [5, 5.41) is 7.03. The van der Waals surface area contributed by atoms with Gasteiger partial charge < -0.3 is 10.1 Å². The summed E-state index contributed by atoms with van der Waals surface area (Å²) < 4.78 is 7.72. The second-order valence-electron chi connectivity index (χ2n) is 7.11. The molecule has 1 aromatic heterocycles. The van der Waals surface area contributed by atoms with Crippen LogP contribution in [0.4, 0.5) is 5.69 Å². The van der Waals surface area contributed by atoms with Crippen LogP contribution >= 0.6 is 0 Å². The van der Waals surface area contributed by atoms with E-state index < -0.39 is 0 Å². The molecule has 1 amide bonds. The molecule has 0 saturated heterocycles. The van der Waals surface area contributed by atoms with Crippen molar-refractivity contribution in [2.75, 3.05) is 5.32 Å². The molecule has 1 aliphatic rings. The molecule has 6 nitrogen and oxygen atoms in total. The summed E-state index contributed by atoms with van der Waals surface area (Å²) in [6.45, 7) is 0. The Morgan fingerprint density at radius 3 is 2.71 bits per heavy atom. The third kappa shape index (κ3) is 4.76. The average molecular weight is 376 g/mol. The van der Waals surface area contributed by atoms with Gasteiger partial charge in [0, 0.05) is 12.1 Å². The first-order valence-electron chi connectivity index (χ1n) is 9.77. The molecular weight excluding hydrogens is 352 g/mol. The smallest absolute Gasteiger partial charge is 0.224 e. The molecule has 0 spiro atoms. The van der Waals surface area contributed by atoms with Crippen LogP contribution in [0.5, 0.6) is 5.75 Å². The number of carbonyl (C=O) groups excluding carboxylic acids is 1. The molecule has 4 rings (SSSR count). The second kappa shape index (κ2) is 8.69. The van der Waals surface area contributed by atoms with E-state index in [2.05, 4.69) is 21.5 Å². The highest BCUT2D eigenvalue weighted by Gasteiger charge is 2.16. The van der Waals surface area contributed by atoms with Crippen molar-refractivity contribution in [1.29, 1.82) is 0 Å². The van der Waals surface area contributed by atoms with Crippen molar-refractivity contribution in [2.45, 2.75) is 44.6 Å². The summed E-state index contributed by atoms with van der Waals surface area (Å²) in [5.74, 6) is 0.907. The highest BCUT2D eigenvalue weighted by atomic mass is 16.5. The number of anilines is 1. The molecule has 1 aliphatic carbocycles. The molecule has 28 heavy (non-hydrogen) atoms. The van der Waals surface area contributed by atoms with Gasteiger partial charge in [-0.05, 0) is 74.1 Å². The Hall–Kier alpha value is -3.15. The van der Waals surface area contributed by atoms with E-state index in [1.165, 1.54) is 19.2 Å². The third-order valence-corrected chi connectivity index (χ3v) is 4.98. The van der Waals surface area contributed by atoms with Gasteiger partial charge in [-0.1, -0.05) is 12.1 Å². The first kappa shape index (κ1) is 18.2. The van der Waals surface area contributed by atoms with E-state index in [9.17, 15) is 4.79 Å². The number of benzene rings is 2. The van der Waals surface area contributed by atoms with Gasteiger partial charge in [0.25, 0.3) is 0 Å². The quantitative estimate of drug-likeness (QED) is 0.672. The predicted molar refractivity (Wildman–Crippen MR) is 108 cm³/mol. The third-order valence-electron chi connectivity index (χ3n) is 4.98. The molecule has 0 bridgehead atoms. The maximum atomic E-state index is 12.3. The maximum absolute atomic E-state index is 12.3. The standard InChI is InChI=1S/C22H24N4O2/c27-22(25-18-9-11-19(12-10-18)26-16-23-15-24-26)13-8-17-4-3-7-21(14-17)28-20-5-1-2-6-20/h3-4,7,9-12,14-16,20H,1-2,5-6,8,13H2,(H,25,27). The summed E-state index contributed by atoms with van der Waals surface area (Å²) in [6, 6.07) is 15.6. The zero-order chi connectivity index (χ0) is 19.2. The minimum absolute atomic E-state index is 0.00406. The first-order valence-corrected chi connectivity index (χ1v) is 9.77. The summed E-state index contributed by atoms with van der Waals surface area (Å²) in [7, 11) is 0. The molecule has 1 N–H and O–H groups in total. The van der Waals surface area contributed by atoms with Crippen LogP contribution in [0.25, 0.3) is 5.69 Å². The zero-order valence-corrected chi connectivity index (χ0v) is 15.8. The van der Waals surface area contributed by atoms with Crippen molar-refractivity contribution in [3.8, 4) is 11.4 Å². The topological polar surface area (TPSA) is 69.0 Å². The van der Waals surface area contributed by atoms with Gasteiger partial charge in [0.15, 0.2) is 0 Å². The molecule has 3 aromatic rings. The van der Waals surface area contributed by atoms with Gasteiger partial charge in [0.05, 0.1) is 11.8 Å². The van der Waals surface area contributed by atoms with Crippen LogP contribution in [0.3, 0.4) is 0 Å². The van der Waals surface area contributed by atoms with Crippen LogP contribution in [-0.4, -0.2) is 26.8 Å². The molecule has 2 aromatic carbocycles. The van der Waals surface area contributed by atoms with Crippen molar-refractivity contribution >= 4 is 11.6 Å². The van der Waals surface area contributed by atoms with Crippen LogP contribution < -0.4 is 10.1 Å². The van der Waals surface area contributed by atoms with Crippen LogP contribution in [0.15, 0.2) is 61.2 Å². The van der Waals surface area contributed by atoms with Gasteiger partial charge in [-0.3, -0.25) is 4.79 Å². The second-order valence-corrected chi connectivity index (χ2v) is 7.11. The van der Waals surface area contributed by atoms with Crippen molar-refractivity contribution in [1.82, 2.24) is 14.8 Å². The summed E-state index contributed by atoms with van der Waals surface area (Å²) in [4.78, 5) is 16.2. The van der Waals surface area contributed by atoms with Crippen LogP contribution in [0.2, 0.25) is 0 Å². The van der Waals surface area contributed by atoms with E-state index in [0.29, 0.717) is 18.9 Å². The van der Waals surface area contributed by atoms with E-state index in [1.807, 2.05) is 42.5 Å². The van der Waals surface area contributed by atoms with Crippen molar-refractivity contribution in [3.05, 3.63) is 66.7 Å². The van der Waals surface area contributed by atoms with E-state index in [4.69, 9.17) is 4.74 Å². The number of amides is 1. The molecule has 1 heterocycles. The van der Waals surface area contributed by atoms with E-state index in [0.717, 1.165) is 35.5 Å². The normalized spacial score (nSPS) is 14.1. The van der Waals surface area contributed by atoms with Crippen molar-refractivity contribution in [2.24, 2.45) is 0 Å². The Morgan fingerprint density at radius 2 is 1.96 bits per heavy atom. The lowest BCUT2D eigenvalue weighted by Gasteiger charge is -2.14. The Bertz CT molecular complexity index is 901.